The predicted molar refractivity (Wildman–Crippen MR) is 133 cm³/mol. The van der Waals surface area contributed by atoms with Crippen LogP contribution in [0.4, 0.5) is 5.69 Å². The van der Waals surface area contributed by atoms with E-state index < -0.39 is 10.0 Å². The van der Waals surface area contributed by atoms with Crippen LogP contribution in [0.5, 0.6) is 0 Å². The highest BCUT2D eigenvalue weighted by Gasteiger charge is 2.15. The number of hydrogen-bond acceptors (Lipinski definition) is 4. The molecule has 3 aromatic carbocycles. The van der Waals surface area contributed by atoms with Gasteiger partial charge in [0.15, 0.2) is 0 Å². The van der Waals surface area contributed by atoms with E-state index in [0.717, 1.165) is 17.1 Å². The van der Waals surface area contributed by atoms with E-state index in [-0.39, 0.29) is 10.8 Å². The molecule has 0 heterocycles. The Hall–Kier alpha value is -2.19. The molecule has 0 saturated carbocycles. The summed E-state index contributed by atoms with van der Waals surface area (Å²) >= 11 is 13.7. The molecule has 0 saturated heterocycles. The molecule has 0 unspecified atom stereocenters. The van der Waals surface area contributed by atoms with Gasteiger partial charge in [-0.25, -0.2) is 8.42 Å². The van der Waals surface area contributed by atoms with Crippen LogP contribution in [-0.2, 0) is 15.8 Å². The molecule has 0 aliphatic rings. The topological polar surface area (TPSA) is 75.3 Å². The maximum Gasteiger partial charge on any atom is 0.261 e. The molecule has 168 valence electrons. The average molecular weight is 509 g/mol. The summed E-state index contributed by atoms with van der Waals surface area (Å²) in [5, 5.41) is 4.11. The van der Waals surface area contributed by atoms with Crippen molar-refractivity contribution in [1.82, 2.24) is 5.32 Å². The van der Waals surface area contributed by atoms with E-state index in [0.29, 0.717) is 33.4 Å². The second kappa shape index (κ2) is 11.1. The van der Waals surface area contributed by atoms with Gasteiger partial charge in [-0.3, -0.25) is 9.52 Å². The van der Waals surface area contributed by atoms with Crippen molar-refractivity contribution in [2.24, 2.45) is 0 Å². The molecule has 0 radical (unpaired) electrons. The van der Waals surface area contributed by atoms with E-state index in [1.165, 1.54) is 12.1 Å². The van der Waals surface area contributed by atoms with Crippen LogP contribution in [0.3, 0.4) is 0 Å². The van der Waals surface area contributed by atoms with Crippen LogP contribution in [0.15, 0.2) is 71.6 Å². The third kappa shape index (κ3) is 6.65. The molecule has 3 aromatic rings. The number of sulfonamides is 1. The molecule has 2 N–H and O–H groups in total. The SMILES string of the molecule is Cc1cc(C(=O)NCCSCc2ccc(Cl)cc2Cl)ccc1NS(=O)(=O)c1ccccc1. The first kappa shape index (κ1) is 24.5. The van der Waals surface area contributed by atoms with Crippen molar-refractivity contribution in [3.05, 3.63) is 93.5 Å². The van der Waals surface area contributed by atoms with Gasteiger partial charge < -0.3 is 5.32 Å². The van der Waals surface area contributed by atoms with Crippen LogP contribution >= 0.6 is 35.0 Å². The molecule has 5 nitrogen and oxygen atoms in total. The van der Waals surface area contributed by atoms with Crippen LogP contribution in [-0.4, -0.2) is 26.6 Å². The molecular formula is C23H22Cl2N2O3S2. The van der Waals surface area contributed by atoms with Gasteiger partial charge in [0, 0.05) is 33.7 Å². The van der Waals surface area contributed by atoms with Gasteiger partial charge in [-0.15, -0.1) is 0 Å². The van der Waals surface area contributed by atoms with Crippen LogP contribution < -0.4 is 10.0 Å². The second-order valence-corrected chi connectivity index (χ2v) is 10.6. The Morgan fingerprint density at radius 1 is 1.00 bits per heavy atom. The van der Waals surface area contributed by atoms with E-state index in [9.17, 15) is 13.2 Å². The molecule has 0 aliphatic carbocycles. The van der Waals surface area contributed by atoms with Gasteiger partial charge >= 0.3 is 0 Å². The number of amides is 1. The summed E-state index contributed by atoms with van der Waals surface area (Å²) in [7, 11) is -3.69. The Labute approximate surface area is 202 Å². The van der Waals surface area contributed by atoms with Gasteiger partial charge in [-0.1, -0.05) is 47.5 Å². The fraction of sp³-hybridized carbons (Fsp3) is 0.174. The van der Waals surface area contributed by atoms with Gasteiger partial charge in [-0.05, 0) is 60.5 Å². The Balaban J connectivity index is 1.51. The summed E-state index contributed by atoms with van der Waals surface area (Å²) in [5.41, 5.74) is 2.55. The number of thioether (sulfide) groups is 1. The van der Waals surface area contributed by atoms with E-state index in [1.807, 2.05) is 6.07 Å². The average Bonchev–Trinajstić information content (AvgIpc) is 2.76. The monoisotopic (exact) mass is 508 g/mol. The highest BCUT2D eigenvalue weighted by Crippen LogP contribution is 2.24. The molecule has 0 bridgehead atoms. The minimum Gasteiger partial charge on any atom is -0.351 e. The number of rotatable bonds is 9. The molecule has 0 aromatic heterocycles. The first-order valence-electron chi connectivity index (χ1n) is 9.74. The van der Waals surface area contributed by atoms with Crippen molar-refractivity contribution in [2.75, 3.05) is 17.0 Å². The summed E-state index contributed by atoms with van der Waals surface area (Å²) in [6.07, 6.45) is 0. The van der Waals surface area contributed by atoms with Crippen molar-refractivity contribution in [2.45, 2.75) is 17.6 Å². The van der Waals surface area contributed by atoms with E-state index >= 15 is 0 Å². The third-order valence-electron chi connectivity index (χ3n) is 4.59. The number of aryl methyl sites for hydroxylation is 1. The number of anilines is 1. The lowest BCUT2D eigenvalue weighted by atomic mass is 10.1. The summed E-state index contributed by atoms with van der Waals surface area (Å²) in [6, 6.07) is 18.4. The predicted octanol–water partition coefficient (Wildman–Crippen LogP) is 5.77. The van der Waals surface area contributed by atoms with Crippen LogP contribution in [0, 0.1) is 6.92 Å². The first-order valence-corrected chi connectivity index (χ1v) is 13.1. The van der Waals surface area contributed by atoms with E-state index in [4.69, 9.17) is 23.2 Å². The van der Waals surface area contributed by atoms with Crippen molar-refractivity contribution < 1.29 is 13.2 Å². The Bertz CT molecular complexity index is 1200. The minimum absolute atomic E-state index is 0.179. The van der Waals surface area contributed by atoms with Crippen molar-refractivity contribution >= 4 is 56.6 Å². The van der Waals surface area contributed by atoms with Crippen molar-refractivity contribution in [1.29, 1.82) is 0 Å². The maximum atomic E-state index is 12.5. The Morgan fingerprint density at radius 3 is 2.44 bits per heavy atom. The Kier molecular flexibility index (Phi) is 8.48. The normalized spacial score (nSPS) is 11.2. The summed E-state index contributed by atoms with van der Waals surface area (Å²) < 4.78 is 27.6. The molecule has 0 fully saturated rings. The molecule has 9 heteroatoms. The zero-order valence-electron chi connectivity index (χ0n) is 17.3. The minimum atomic E-state index is -3.69. The fourth-order valence-corrected chi connectivity index (χ4v) is 5.45. The summed E-state index contributed by atoms with van der Waals surface area (Å²) in [4.78, 5) is 12.6. The quantitative estimate of drug-likeness (QED) is 0.360. The standard InChI is InChI=1S/C23H22Cl2N2O3S2/c1-16-13-17(8-10-22(16)27-32(29,30)20-5-3-2-4-6-20)23(28)26-11-12-31-15-18-7-9-19(24)14-21(18)25/h2-10,13-14,27H,11-12,15H2,1H3,(H,26,28). The lowest BCUT2D eigenvalue weighted by Crippen LogP contribution is -2.26. The highest BCUT2D eigenvalue weighted by atomic mass is 35.5. The Morgan fingerprint density at radius 2 is 1.75 bits per heavy atom. The van der Waals surface area contributed by atoms with Crippen molar-refractivity contribution in [3.8, 4) is 0 Å². The number of nitrogens with one attached hydrogen (secondary N) is 2. The largest absolute Gasteiger partial charge is 0.351 e. The van der Waals surface area contributed by atoms with Crippen molar-refractivity contribution in [3.63, 3.8) is 0 Å². The number of carbonyl (C=O) groups is 1. The van der Waals surface area contributed by atoms with Gasteiger partial charge in [0.25, 0.3) is 15.9 Å². The fourth-order valence-electron chi connectivity index (χ4n) is 2.88. The van der Waals surface area contributed by atoms with Crippen LogP contribution in [0.2, 0.25) is 10.0 Å². The van der Waals surface area contributed by atoms with Gasteiger partial charge in [0.05, 0.1) is 10.6 Å². The number of carbonyl (C=O) groups excluding carboxylic acids is 1. The van der Waals surface area contributed by atoms with Crippen LogP contribution in [0.25, 0.3) is 0 Å². The smallest absolute Gasteiger partial charge is 0.261 e. The molecule has 0 atom stereocenters. The van der Waals surface area contributed by atoms with Crippen LogP contribution in [0.1, 0.15) is 21.5 Å². The van der Waals surface area contributed by atoms with Gasteiger partial charge in [0.2, 0.25) is 0 Å². The zero-order chi connectivity index (χ0) is 23.1. The molecule has 0 spiro atoms. The molecular weight excluding hydrogens is 487 g/mol. The molecule has 32 heavy (non-hydrogen) atoms. The van der Waals surface area contributed by atoms with Gasteiger partial charge in [-0.2, -0.15) is 11.8 Å². The van der Waals surface area contributed by atoms with E-state index in [1.54, 1.807) is 67.2 Å². The molecule has 3 rings (SSSR count). The highest BCUT2D eigenvalue weighted by molar-refractivity contribution is 7.98. The zero-order valence-corrected chi connectivity index (χ0v) is 20.4. The first-order chi connectivity index (χ1) is 15.3. The second-order valence-electron chi connectivity index (χ2n) is 6.99. The summed E-state index contributed by atoms with van der Waals surface area (Å²) in [5.74, 6) is 1.23. The molecule has 1 amide bonds. The van der Waals surface area contributed by atoms with Gasteiger partial charge in [0.1, 0.15) is 0 Å². The lowest BCUT2D eigenvalue weighted by Gasteiger charge is -2.12. The summed E-state index contributed by atoms with van der Waals surface area (Å²) in [6.45, 7) is 2.25. The number of hydrogen-bond donors (Lipinski definition) is 2. The number of benzene rings is 3. The van der Waals surface area contributed by atoms with E-state index in [2.05, 4.69) is 10.0 Å². The third-order valence-corrected chi connectivity index (χ3v) is 7.57. The lowest BCUT2D eigenvalue weighted by molar-refractivity contribution is 0.0956. The number of halogens is 2. The molecule has 0 aliphatic heterocycles. The maximum absolute atomic E-state index is 12.5.